The van der Waals surface area contributed by atoms with Crippen LogP contribution in [0.5, 0.6) is 0 Å². The van der Waals surface area contributed by atoms with Gasteiger partial charge in [0.25, 0.3) is 5.91 Å². The van der Waals surface area contributed by atoms with E-state index in [0.717, 1.165) is 30.2 Å². The lowest BCUT2D eigenvalue weighted by Gasteiger charge is -2.41. The van der Waals surface area contributed by atoms with Gasteiger partial charge in [0.2, 0.25) is 5.91 Å². The Morgan fingerprint density at radius 1 is 0.902 bits per heavy atom. The highest BCUT2D eigenvalue weighted by atomic mass is 35.5. The molecule has 1 saturated heterocycles. The monoisotopic (exact) mass is 583 g/mol. The highest BCUT2D eigenvalue weighted by Gasteiger charge is 2.40. The van der Waals surface area contributed by atoms with Crippen molar-refractivity contribution in [1.82, 2.24) is 4.90 Å². The van der Waals surface area contributed by atoms with E-state index in [1.54, 1.807) is 29.2 Å². The second kappa shape index (κ2) is 12.1. The van der Waals surface area contributed by atoms with Gasteiger partial charge in [-0.15, -0.1) is 0 Å². The van der Waals surface area contributed by atoms with Gasteiger partial charge >= 0.3 is 6.18 Å². The second-order valence-corrected chi connectivity index (χ2v) is 11.3. The lowest BCUT2D eigenvalue weighted by Crippen LogP contribution is -2.46. The van der Waals surface area contributed by atoms with E-state index in [9.17, 15) is 22.8 Å². The SMILES string of the molecule is Cc1ccc(NC(=O)[C@H]2CCCN(C(=O)c3ccccc3Cl)C2c2ccc(NC3CCCC3)cc2)cc1C(F)(F)F. The van der Waals surface area contributed by atoms with Crippen LogP contribution in [-0.4, -0.2) is 29.3 Å². The zero-order valence-electron chi connectivity index (χ0n) is 22.8. The van der Waals surface area contributed by atoms with Gasteiger partial charge in [-0.3, -0.25) is 9.59 Å². The molecule has 2 N–H and O–H groups in total. The van der Waals surface area contributed by atoms with Gasteiger partial charge in [-0.1, -0.05) is 54.8 Å². The molecule has 0 radical (unpaired) electrons. The molecule has 0 aromatic heterocycles. The summed E-state index contributed by atoms with van der Waals surface area (Å²) in [7, 11) is 0. The van der Waals surface area contributed by atoms with Gasteiger partial charge in [0.15, 0.2) is 0 Å². The van der Waals surface area contributed by atoms with E-state index < -0.39 is 29.6 Å². The van der Waals surface area contributed by atoms with Crippen molar-refractivity contribution >= 4 is 34.8 Å². The number of nitrogens with zero attached hydrogens (tertiary/aromatic N) is 1. The first-order valence-corrected chi connectivity index (χ1v) is 14.4. The van der Waals surface area contributed by atoms with Gasteiger partial charge in [-0.25, -0.2) is 0 Å². The molecule has 216 valence electrons. The number of carbonyl (C=O) groups is 2. The molecule has 5 nitrogen and oxygen atoms in total. The van der Waals surface area contributed by atoms with Gasteiger partial charge in [-0.2, -0.15) is 13.2 Å². The highest BCUT2D eigenvalue weighted by molar-refractivity contribution is 6.33. The van der Waals surface area contributed by atoms with Gasteiger partial charge in [0.05, 0.1) is 28.1 Å². The van der Waals surface area contributed by atoms with Crippen molar-refractivity contribution in [1.29, 1.82) is 0 Å². The molecule has 5 rings (SSSR count). The number of carbonyl (C=O) groups excluding carboxylic acids is 2. The standard InChI is InChI=1S/C32H33ClF3N3O2/c1-20-12-15-24(19-27(20)32(34,35)36)38-30(40)26-10-6-18-39(31(41)25-9-4-5-11-28(25)33)29(26)21-13-16-23(17-14-21)37-22-7-2-3-8-22/h4-5,9,11-17,19,22,26,29,37H,2-3,6-8,10,18H2,1H3,(H,38,40)/t26-,29?/m0/s1. The smallest absolute Gasteiger partial charge is 0.382 e. The molecular formula is C32H33ClF3N3O2. The average Bonchev–Trinajstić information content (AvgIpc) is 3.46. The summed E-state index contributed by atoms with van der Waals surface area (Å²) in [4.78, 5) is 29.2. The largest absolute Gasteiger partial charge is 0.416 e. The van der Waals surface area contributed by atoms with Crippen LogP contribution in [0.4, 0.5) is 24.5 Å². The molecule has 2 aliphatic rings. The molecule has 2 amide bonds. The average molecular weight is 584 g/mol. The minimum absolute atomic E-state index is 0.0670. The fourth-order valence-electron chi connectivity index (χ4n) is 6.02. The van der Waals surface area contributed by atoms with E-state index in [0.29, 0.717) is 36.0 Å². The Labute approximate surface area is 243 Å². The second-order valence-electron chi connectivity index (χ2n) is 10.9. The first-order chi connectivity index (χ1) is 19.6. The molecule has 1 aliphatic heterocycles. The molecule has 1 unspecified atom stereocenters. The minimum Gasteiger partial charge on any atom is -0.382 e. The molecule has 2 atom stereocenters. The topological polar surface area (TPSA) is 61.4 Å². The zero-order valence-corrected chi connectivity index (χ0v) is 23.6. The number of benzene rings is 3. The molecule has 0 bridgehead atoms. The third-order valence-electron chi connectivity index (χ3n) is 8.12. The number of anilines is 2. The van der Waals surface area contributed by atoms with E-state index in [4.69, 9.17) is 11.6 Å². The quantitative estimate of drug-likeness (QED) is 0.307. The number of aryl methyl sites for hydroxylation is 1. The number of nitrogens with one attached hydrogen (secondary N) is 2. The van der Waals surface area contributed by atoms with E-state index in [-0.39, 0.29) is 17.2 Å². The summed E-state index contributed by atoms with van der Waals surface area (Å²) in [6.45, 7) is 1.80. The van der Waals surface area contributed by atoms with Gasteiger partial charge in [0, 0.05) is 24.0 Å². The summed E-state index contributed by atoms with van der Waals surface area (Å²) in [5, 5.41) is 6.58. The zero-order chi connectivity index (χ0) is 29.1. The van der Waals surface area contributed by atoms with Crippen LogP contribution in [0.15, 0.2) is 66.7 Å². The number of alkyl halides is 3. The molecule has 1 heterocycles. The summed E-state index contributed by atoms with van der Waals surface area (Å²) in [6.07, 6.45) is 1.17. The lowest BCUT2D eigenvalue weighted by molar-refractivity contribution is -0.138. The number of piperidine rings is 1. The fraction of sp³-hybridized carbons (Fsp3) is 0.375. The number of likely N-dealkylation sites (tertiary alicyclic amines) is 1. The predicted molar refractivity (Wildman–Crippen MR) is 155 cm³/mol. The number of amides is 2. The normalized spacial score (nSPS) is 19.7. The van der Waals surface area contributed by atoms with Crippen molar-refractivity contribution in [2.75, 3.05) is 17.2 Å². The molecule has 1 saturated carbocycles. The number of rotatable bonds is 6. The van der Waals surface area contributed by atoms with E-state index >= 15 is 0 Å². The van der Waals surface area contributed by atoms with Crippen LogP contribution in [0.1, 0.15) is 71.6 Å². The van der Waals surface area contributed by atoms with Gasteiger partial charge < -0.3 is 15.5 Å². The van der Waals surface area contributed by atoms with Crippen molar-refractivity contribution in [2.24, 2.45) is 5.92 Å². The summed E-state index contributed by atoms with van der Waals surface area (Å²) >= 11 is 6.38. The van der Waals surface area contributed by atoms with Crippen LogP contribution >= 0.6 is 11.6 Å². The maximum Gasteiger partial charge on any atom is 0.416 e. The molecule has 9 heteroatoms. The maximum atomic E-state index is 13.8. The van der Waals surface area contributed by atoms with E-state index in [1.807, 2.05) is 24.3 Å². The Morgan fingerprint density at radius 3 is 2.27 bits per heavy atom. The first-order valence-electron chi connectivity index (χ1n) is 14.0. The summed E-state index contributed by atoms with van der Waals surface area (Å²) < 4.78 is 40.6. The van der Waals surface area contributed by atoms with Crippen molar-refractivity contribution in [3.05, 3.63) is 94.0 Å². The molecular weight excluding hydrogens is 551 g/mol. The summed E-state index contributed by atoms with van der Waals surface area (Å²) in [5.74, 6) is -1.41. The minimum atomic E-state index is -4.54. The fourth-order valence-corrected chi connectivity index (χ4v) is 6.24. The Kier molecular flexibility index (Phi) is 8.59. The van der Waals surface area contributed by atoms with E-state index in [1.165, 1.54) is 31.9 Å². The van der Waals surface area contributed by atoms with Crippen LogP contribution in [0, 0.1) is 12.8 Å². The van der Waals surface area contributed by atoms with Crippen LogP contribution in [0.2, 0.25) is 5.02 Å². The van der Waals surface area contributed by atoms with Crippen molar-refractivity contribution in [3.8, 4) is 0 Å². The first kappa shape index (κ1) is 29.0. The third-order valence-corrected chi connectivity index (χ3v) is 8.45. The summed E-state index contributed by atoms with van der Waals surface area (Å²) in [5.41, 5.74) is 1.44. The van der Waals surface area contributed by atoms with Crippen LogP contribution in [0.25, 0.3) is 0 Å². The van der Waals surface area contributed by atoms with Crippen LogP contribution < -0.4 is 10.6 Å². The maximum absolute atomic E-state index is 13.8. The number of hydrogen-bond donors (Lipinski definition) is 2. The number of halogens is 4. The molecule has 3 aromatic rings. The Hall–Kier alpha value is -3.52. The van der Waals surface area contributed by atoms with Crippen molar-refractivity contribution < 1.29 is 22.8 Å². The molecule has 41 heavy (non-hydrogen) atoms. The van der Waals surface area contributed by atoms with E-state index in [2.05, 4.69) is 10.6 Å². The Bertz CT molecular complexity index is 1400. The summed E-state index contributed by atoms with van der Waals surface area (Å²) in [6, 6.07) is 18.2. The van der Waals surface area contributed by atoms with Crippen molar-refractivity contribution in [3.63, 3.8) is 0 Å². The highest BCUT2D eigenvalue weighted by Crippen LogP contribution is 2.40. The molecule has 3 aromatic carbocycles. The van der Waals surface area contributed by atoms with Crippen LogP contribution in [0.3, 0.4) is 0 Å². The van der Waals surface area contributed by atoms with Crippen molar-refractivity contribution in [2.45, 2.75) is 63.7 Å². The molecule has 2 fully saturated rings. The van der Waals surface area contributed by atoms with Gasteiger partial charge in [-0.05, 0) is 80.1 Å². The van der Waals surface area contributed by atoms with Gasteiger partial charge in [0.1, 0.15) is 0 Å². The third kappa shape index (κ3) is 6.53. The molecule has 1 aliphatic carbocycles. The molecule has 0 spiro atoms. The predicted octanol–water partition coefficient (Wildman–Crippen LogP) is 8.25. The lowest BCUT2D eigenvalue weighted by atomic mass is 9.83. The number of hydrogen-bond acceptors (Lipinski definition) is 3. The van der Waals surface area contributed by atoms with Crippen LogP contribution in [-0.2, 0) is 11.0 Å². The Morgan fingerprint density at radius 2 is 1.59 bits per heavy atom. The Balaban J connectivity index is 1.46.